The summed E-state index contributed by atoms with van der Waals surface area (Å²) in [7, 11) is 0. The number of alkyl halides is 2. The van der Waals surface area contributed by atoms with Crippen molar-refractivity contribution < 1.29 is 8.78 Å². The molecule has 0 unspecified atom stereocenters. The van der Waals surface area contributed by atoms with Crippen LogP contribution < -0.4 is 5.73 Å². The van der Waals surface area contributed by atoms with Crippen molar-refractivity contribution in [2.45, 2.75) is 12.5 Å². The van der Waals surface area contributed by atoms with Crippen LogP contribution >= 0.6 is 12.4 Å². The number of rotatable bonds is 2. The van der Waals surface area contributed by atoms with E-state index in [9.17, 15) is 8.78 Å². The van der Waals surface area contributed by atoms with Crippen LogP contribution in [0.15, 0.2) is 24.4 Å². The molecule has 0 saturated heterocycles. The van der Waals surface area contributed by atoms with Gasteiger partial charge in [0.25, 0.3) is 6.43 Å². The van der Waals surface area contributed by atoms with E-state index in [1.807, 2.05) is 0 Å². The van der Waals surface area contributed by atoms with E-state index in [-0.39, 0.29) is 18.1 Å². The first-order valence-corrected chi connectivity index (χ1v) is 3.16. The molecule has 5 heteroatoms. The molecule has 0 bridgehead atoms. The molecule has 0 amide bonds. The first-order valence-electron chi connectivity index (χ1n) is 3.16. The first kappa shape index (κ1) is 11.3. The molecule has 1 aromatic rings. The van der Waals surface area contributed by atoms with Gasteiger partial charge in [-0.05, 0) is 12.1 Å². The van der Waals surface area contributed by atoms with Gasteiger partial charge >= 0.3 is 0 Å². The molecule has 1 heterocycles. The molecule has 12 heavy (non-hydrogen) atoms. The summed E-state index contributed by atoms with van der Waals surface area (Å²) in [6.07, 6.45) is -1.11. The molecule has 1 atom stereocenters. The maximum Gasteiger partial charge on any atom is 0.259 e. The summed E-state index contributed by atoms with van der Waals surface area (Å²) >= 11 is 0. The zero-order valence-corrected chi connectivity index (χ0v) is 6.97. The Hall–Kier alpha value is -0.740. The van der Waals surface area contributed by atoms with Crippen LogP contribution in [0, 0.1) is 0 Å². The largest absolute Gasteiger partial charge is 0.318 e. The standard InChI is InChI=1S/C7H8F2N2.ClH/c8-7(9)6(10)5-3-1-2-4-11-5;/h1-4,6-7H,10H2;1H/t6-;/m0./s1. The Labute approximate surface area is 75.2 Å². The third kappa shape index (κ3) is 2.71. The number of hydrogen-bond acceptors (Lipinski definition) is 2. The van der Waals surface area contributed by atoms with Crippen LogP contribution in [0.5, 0.6) is 0 Å². The normalized spacial score (nSPS) is 12.3. The van der Waals surface area contributed by atoms with Gasteiger partial charge in [-0.1, -0.05) is 6.07 Å². The number of pyridine rings is 1. The summed E-state index contributed by atoms with van der Waals surface area (Å²) in [5, 5.41) is 0. The molecule has 0 aromatic carbocycles. The van der Waals surface area contributed by atoms with E-state index in [0.29, 0.717) is 0 Å². The number of aromatic nitrogens is 1. The lowest BCUT2D eigenvalue weighted by Crippen LogP contribution is -2.19. The van der Waals surface area contributed by atoms with Crippen LogP contribution in [0.3, 0.4) is 0 Å². The van der Waals surface area contributed by atoms with Crippen molar-refractivity contribution >= 4 is 12.4 Å². The average molecular weight is 195 g/mol. The summed E-state index contributed by atoms with van der Waals surface area (Å²) in [6.45, 7) is 0. The molecule has 0 radical (unpaired) electrons. The number of halogens is 3. The van der Waals surface area contributed by atoms with Gasteiger partial charge in [-0.15, -0.1) is 12.4 Å². The minimum absolute atomic E-state index is 0. The fraction of sp³-hybridized carbons (Fsp3) is 0.286. The molecular weight excluding hydrogens is 186 g/mol. The van der Waals surface area contributed by atoms with Gasteiger partial charge in [0.05, 0.1) is 5.69 Å². The van der Waals surface area contributed by atoms with Crippen LogP contribution in [0.2, 0.25) is 0 Å². The molecule has 0 spiro atoms. The smallest absolute Gasteiger partial charge is 0.259 e. The highest BCUT2D eigenvalue weighted by Gasteiger charge is 2.17. The first-order chi connectivity index (χ1) is 5.22. The van der Waals surface area contributed by atoms with Crippen molar-refractivity contribution in [2.75, 3.05) is 0 Å². The molecule has 0 saturated carbocycles. The SMILES string of the molecule is Cl.N[C@@H](c1ccccn1)C(F)F. The van der Waals surface area contributed by atoms with Crippen molar-refractivity contribution in [3.05, 3.63) is 30.1 Å². The van der Waals surface area contributed by atoms with Gasteiger partial charge in [-0.3, -0.25) is 4.98 Å². The minimum atomic E-state index is -2.55. The van der Waals surface area contributed by atoms with E-state index in [2.05, 4.69) is 4.98 Å². The maximum atomic E-state index is 11.9. The summed E-state index contributed by atoms with van der Waals surface area (Å²) in [4.78, 5) is 3.69. The molecule has 0 aliphatic rings. The molecule has 1 aromatic heterocycles. The number of hydrogen-bond donors (Lipinski definition) is 1. The van der Waals surface area contributed by atoms with Gasteiger partial charge in [0.15, 0.2) is 0 Å². The second kappa shape index (κ2) is 5.00. The van der Waals surface area contributed by atoms with Crippen molar-refractivity contribution in [1.29, 1.82) is 0 Å². The van der Waals surface area contributed by atoms with Crippen LogP contribution in [-0.2, 0) is 0 Å². The summed E-state index contributed by atoms with van der Waals surface area (Å²) in [6, 6.07) is 3.50. The third-order valence-corrected chi connectivity index (χ3v) is 1.30. The molecule has 0 fully saturated rings. The van der Waals surface area contributed by atoms with Crippen LogP contribution in [0.25, 0.3) is 0 Å². The Bertz CT molecular complexity index is 218. The third-order valence-electron chi connectivity index (χ3n) is 1.30. The highest BCUT2D eigenvalue weighted by molar-refractivity contribution is 5.85. The van der Waals surface area contributed by atoms with Crippen LogP contribution in [-0.4, -0.2) is 11.4 Å². The zero-order chi connectivity index (χ0) is 8.27. The molecule has 1 rings (SSSR count). The molecule has 68 valence electrons. The molecule has 0 aliphatic heterocycles. The number of nitrogens with zero attached hydrogens (tertiary/aromatic N) is 1. The van der Waals surface area contributed by atoms with Gasteiger partial charge in [0.2, 0.25) is 0 Å². The second-order valence-corrected chi connectivity index (χ2v) is 2.11. The van der Waals surface area contributed by atoms with Gasteiger partial charge in [-0.25, -0.2) is 8.78 Å². The molecule has 0 aliphatic carbocycles. The monoisotopic (exact) mass is 194 g/mol. The van der Waals surface area contributed by atoms with E-state index in [1.165, 1.54) is 12.3 Å². The Kier molecular flexibility index (Phi) is 4.70. The van der Waals surface area contributed by atoms with Gasteiger partial charge < -0.3 is 5.73 Å². The number of nitrogens with two attached hydrogens (primary N) is 1. The lowest BCUT2D eigenvalue weighted by atomic mass is 10.2. The Balaban J connectivity index is 0.00000121. The van der Waals surface area contributed by atoms with Gasteiger partial charge in [-0.2, -0.15) is 0 Å². The fourth-order valence-corrected chi connectivity index (χ4v) is 0.702. The van der Waals surface area contributed by atoms with E-state index in [4.69, 9.17) is 5.73 Å². The van der Waals surface area contributed by atoms with Gasteiger partial charge in [0.1, 0.15) is 6.04 Å². The second-order valence-electron chi connectivity index (χ2n) is 2.11. The lowest BCUT2D eigenvalue weighted by Gasteiger charge is -2.07. The van der Waals surface area contributed by atoms with E-state index in [1.54, 1.807) is 12.1 Å². The van der Waals surface area contributed by atoms with Crippen LogP contribution in [0.4, 0.5) is 8.78 Å². The summed E-state index contributed by atoms with van der Waals surface area (Å²) in [5.74, 6) is 0. The van der Waals surface area contributed by atoms with Crippen LogP contribution in [0.1, 0.15) is 11.7 Å². The summed E-state index contributed by atoms with van der Waals surface area (Å²) < 4.78 is 23.9. The quantitative estimate of drug-likeness (QED) is 0.780. The predicted molar refractivity (Wildman–Crippen MR) is 44.4 cm³/mol. The van der Waals surface area contributed by atoms with Crippen molar-refractivity contribution in [3.8, 4) is 0 Å². The molecule has 2 N–H and O–H groups in total. The fourth-order valence-electron chi connectivity index (χ4n) is 0.702. The van der Waals surface area contributed by atoms with Gasteiger partial charge in [0, 0.05) is 6.20 Å². The molecular formula is C7H9ClF2N2. The lowest BCUT2D eigenvalue weighted by molar-refractivity contribution is 0.114. The maximum absolute atomic E-state index is 11.9. The summed E-state index contributed by atoms with van der Waals surface area (Å²) in [5.41, 5.74) is 5.35. The van der Waals surface area contributed by atoms with Crippen molar-refractivity contribution in [3.63, 3.8) is 0 Å². The molecule has 2 nitrogen and oxygen atoms in total. The Morgan fingerprint density at radius 1 is 1.33 bits per heavy atom. The predicted octanol–water partition coefficient (Wildman–Crippen LogP) is 1.77. The topological polar surface area (TPSA) is 38.9 Å². The Morgan fingerprint density at radius 3 is 2.42 bits per heavy atom. The highest BCUT2D eigenvalue weighted by atomic mass is 35.5. The average Bonchev–Trinajstić information content (AvgIpc) is 2.05. The minimum Gasteiger partial charge on any atom is -0.318 e. The highest BCUT2D eigenvalue weighted by Crippen LogP contribution is 2.14. The Morgan fingerprint density at radius 2 is 2.00 bits per heavy atom. The van der Waals surface area contributed by atoms with E-state index < -0.39 is 12.5 Å². The van der Waals surface area contributed by atoms with E-state index in [0.717, 1.165) is 0 Å². The zero-order valence-electron chi connectivity index (χ0n) is 6.15. The van der Waals surface area contributed by atoms with Crippen molar-refractivity contribution in [2.24, 2.45) is 5.73 Å². The van der Waals surface area contributed by atoms with Crippen molar-refractivity contribution in [1.82, 2.24) is 4.98 Å². The van der Waals surface area contributed by atoms with E-state index >= 15 is 0 Å².